The molecule has 1 heteroatoms. The summed E-state index contributed by atoms with van der Waals surface area (Å²) < 4.78 is 0. The van der Waals surface area contributed by atoms with Crippen molar-refractivity contribution in [3.05, 3.63) is 59.7 Å². The predicted octanol–water partition coefficient (Wildman–Crippen LogP) is 4.80. The SMILES string of the molecule is CCC1=C/CC(c2cccc(NC)c2)=CC/C=C\1. The molecule has 18 heavy (non-hydrogen) atoms. The summed E-state index contributed by atoms with van der Waals surface area (Å²) in [5.41, 5.74) is 5.35. The molecule has 0 atom stereocenters. The number of hydrogen-bond donors (Lipinski definition) is 1. The predicted molar refractivity (Wildman–Crippen MR) is 80.7 cm³/mol. The lowest BCUT2D eigenvalue weighted by Crippen LogP contribution is -1.91. The van der Waals surface area contributed by atoms with E-state index in [2.05, 4.69) is 60.8 Å². The highest BCUT2D eigenvalue weighted by Crippen LogP contribution is 2.25. The van der Waals surface area contributed by atoms with Gasteiger partial charge in [-0.05, 0) is 42.5 Å². The first-order valence-electron chi connectivity index (χ1n) is 6.66. The van der Waals surface area contributed by atoms with Crippen LogP contribution in [0.4, 0.5) is 5.69 Å². The molecule has 1 aromatic carbocycles. The van der Waals surface area contributed by atoms with Gasteiger partial charge in [0.05, 0.1) is 0 Å². The summed E-state index contributed by atoms with van der Waals surface area (Å²) in [6.45, 7) is 2.21. The summed E-state index contributed by atoms with van der Waals surface area (Å²) in [6.07, 6.45) is 12.3. The summed E-state index contributed by atoms with van der Waals surface area (Å²) >= 11 is 0. The Hall–Kier alpha value is -1.76. The van der Waals surface area contributed by atoms with Gasteiger partial charge in [0.25, 0.3) is 0 Å². The van der Waals surface area contributed by atoms with Crippen LogP contribution in [0.3, 0.4) is 0 Å². The Labute approximate surface area is 110 Å². The number of hydrogen-bond acceptors (Lipinski definition) is 1. The van der Waals surface area contributed by atoms with Crippen LogP contribution >= 0.6 is 0 Å². The van der Waals surface area contributed by atoms with Gasteiger partial charge in [-0.2, -0.15) is 0 Å². The second kappa shape index (κ2) is 6.25. The summed E-state index contributed by atoms with van der Waals surface area (Å²) in [7, 11) is 1.96. The summed E-state index contributed by atoms with van der Waals surface area (Å²) in [4.78, 5) is 0. The third kappa shape index (κ3) is 3.13. The first-order valence-corrected chi connectivity index (χ1v) is 6.66. The molecule has 1 nitrogen and oxygen atoms in total. The van der Waals surface area contributed by atoms with Crippen LogP contribution in [-0.4, -0.2) is 7.05 Å². The maximum Gasteiger partial charge on any atom is 0.0343 e. The maximum absolute atomic E-state index is 3.20. The van der Waals surface area contributed by atoms with E-state index in [1.54, 1.807) is 0 Å². The minimum absolute atomic E-state index is 1.02. The van der Waals surface area contributed by atoms with E-state index in [4.69, 9.17) is 0 Å². The molecular formula is C17H21N. The van der Waals surface area contributed by atoms with Crippen LogP contribution in [0.25, 0.3) is 5.57 Å². The minimum atomic E-state index is 1.02. The van der Waals surface area contributed by atoms with Gasteiger partial charge in [0, 0.05) is 12.7 Å². The van der Waals surface area contributed by atoms with E-state index in [1.165, 1.54) is 22.4 Å². The zero-order valence-corrected chi connectivity index (χ0v) is 11.2. The highest BCUT2D eigenvalue weighted by molar-refractivity contribution is 5.70. The van der Waals surface area contributed by atoms with E-state index in [1.807, 2.05) is 7.05 Å². The van der Waals surface area contributed by atoms with E-state index < -0.39 is 0 Å². The number of nitrogens with one attached hydrogen (secondary N) is 1. The first-order chi connectivity index (χ1) is 8.83. The van der Waals surface area contributed by atoms with E-state index >= 15 is 0 Å². The quantitative estimate of drug-likeness (QED) is 0.799. The topological polar surface area (TPSA) is 12.0 Å². The fraction of sp³-hybridized carbons (Fsp3) is 0.294. The van der Waals surface area contributed by atoms with Crippen molar-refractivity contribution in [1.29, 1.82) is 0 Å². The monoisotopic (exact) mass is 239 g/mol. The molecule has 0 saturated carbocycles. The van der Waals surface area contributed by atoms with Gasteiger partial charge in [0.15, 0.2) is 0 Å². The third-order valence-corrected chi connectivity index (χ3v) is 3.35. The van der Waals surface area contributed by atoms with Crippen molar-refractivity contribution in [3.63, 3.8) is 0 Å². The van der Waals surface area contributed by atoms with E-state index in [0.717, 1.165) is 19.3 Å². The van der Waals surface area contributed by atoms with Crippen molar-refractivity contribution in [2.24, 2.45) is 0 Å². The van der Waals surface area contributed by atoms with Crippen LogP contribution in [0.5, 0.6) is 0 Å². The molecule has 1 aromatic rings. The van der Waals surface area contributed by atoms with Crippen LogP contribution in [-0.2, 0) is 0 Å². The van der Waals surface area contributed by atoms with E-state index in [0.29, 0.717) is 0 Å². The molecule has 0 saturated heterocycles. The summed E-state index contributed by atoms with van der Waals surface area (Å²) in [6, 6.07) is 8.62. The Morgan fingerprint density at radius 2 is 2.11 bits per heavy atom. The molecule has 0 heterocycles. The molecule has 0 fully saturated rings. The number of anilines is 1. The Kier molecular flexibility index (Phi) is 4.40. The molecule has 0 amide bonds. The van der Waals surface area contributed by atoms with Crippen molar-refractivity contribution >= 4 is 11.3 Å². The lowest BCUT2D eigenvalue weighted by Gasteiger charge is -2.10. The number of benzene rings is 1. The molecule has 0 bridgehead atoms. The van der Waals surface area contributed by atoms with Crippen molar-refractivity contribution in [2.75, 3.05) is 12.4 Å². The normalized spacial score (nSPS) is 20.1. The first kappa shape index (κ1) is 12.7. The van der Waals surface area contributed by atoms with E-state index in [-0.39, 0.29) is 0 Å². The summed E-state index contributed by atoms with van der Waals surface area (Å²) in [5.74, 6) is 0. The lowest BCUT2D eigenvalue weighted by atomic mass is 9.97. The third-order valence-electron chi connectivity index (χ3n) is 3.35. The highest BCUT2D eigenvalue weighted by atomic mass is 14.8. The van der Waals surface area contributed by atoms with Crippen molar-refractivity contribution < 1.29 is 0 Å². The van der Waals surface area contributed by atoms with Gasteiger partial charge < -0.3 is 5.32 Å². The average Bonchev–Trinajstić information content (AvgIpc) is 2.39. The molecule has 0 aliphatic heterocycles. The molecule has 1 aliphatic rings. The van der Waals surface area contributed by atoms with Crippen LogP contribution < -0.4 is 5.32 Å². The van der Waals surface area contributed by atoms with Crippen LogP contribution in [0.2, 0.25) is 0 Å². The standard InChI is InChI=1S/C17H21N/c1-3-14-7-4-5-8-15(12-11-14)16-9-6-10-17(13-16)18-2/h4,6-11,13,18H,3,5,12H2,1-2H3/b7-4-,14-11-,15-8?. The smallest absolute Gasteiger partial charge is 0.0343 e. The van der Waals surface area contributed by atoms with Crippen LogP contribution in [0.1, 0.15) is 31.7 Å². The Balaban J connectivity index is 2.26. The van der Waals surface area contributed by atoms with Gasteiger partial charge in [-0.25, -0.2) is 0 Å². The molecular weight excluding hydrogens is 218 g/mol. The molecule has 94 valence electrons. The molecule has 0 radical (unpaired) electrons. The second-order valence-corrected chi connectivity index (χ2v) is 4.53. The van der Waals surface area contributed by atoms with Crippen molar-refractivity contribution in [1.82, 2.24) is 0 Å². The zero-order chi connectivity index (χ0) is 12.8. The fourth-order valence-corrected chi connectivity index (χ4v) is 2.19. The summed E-state index contributed by atoms with van der Waals surface area (Å²) in [5, 5.41) is 3.20. The average molecular weight is 239 g/mol. The molecule has 0 unspecified atom stereocenters. The Bertz CT molecular complexity index is 492. The van der Waals surface area contributed by atoms with Crippen molar-refractivity contribution in [3.8, 4) is 0 Å². The van der Waals surface area contributed by atoms with Crippen LogP contribution in [0, 0.1) is 0 Å². The molecule has 2 rings (SSSR count). The molecule has 0 aromatic heterocycles. The van der Waals surface area contributed by atoms with Gasteiger partial charge in [0.1, 0.15) is 0 Å². The van der Waals surface area contributed by atoms with Crippen LogP contribution in [0.15, 0.2) is 54.1 Å². The van der Waals surface area contributed by atoms with Crippen molar-refractivity contribution in [2.45, 2.75) is 26.2 Å². The van der Waals surface area contributed by atoms with Gasteiger partial charge in [-0.1, -0.05) is 48.9 Å². The lowest BCUT2D eigenvalue weighted by molar-refractivity contribution is 1.11. The highest BCUT2D eigenvalue weighted by Gasteiger charge is 2.03. The van der Waals surface area contributed by atoms with Gasteiger partial charge in [-0.3, -0.25) is 0 Å². The molecule has 0 spiro atoms. The fourth-order valence-electron chi connectivity index (χ4n) is 2.19. The largest absolute Gasteiger partial charge is 0.388 e. The number of rotatable bonds is 3. The van der Waals surface area contributed by atoms with Gasteiger partial charge in [-0.15, -0.1) is 0 Å². The zero-order valence-electron chi connectivity index (χ0n) is 11.2. The number of allylic oxidation sites excluding steroid dienone is 6. The molecule has 1 aliphatic carbocycles. The Morgan fingerprint density at radius 1 is 1.22 bits per heavy atom. The van der Waals surface area contributed by atoms with Gasteiger partial charge >= 0.3 is 0 Å². The molecule has 1 N–H and O–H groups in total. The maximum atomic E-state index is 3.20. The van der Waals surface area contributed by atoms with Gasteiger partial charge in [0.2, 0.25) is 0 Å². The van der Waals surface area contributed by atoms with E-state index in [9.17, 15) is 0 Å². The minimum Gasteiger partial charge on any atom is -0.388 e. The Morgan fingerprint density at radius 3 is 2.89 bits per heavy atom. The second-order valence-electron chi connectivity index (χ2n) is 4.53.